The van der Waals surface area contributed by atoms with E-state index < -0.39 is 21.0 Å². The van der Waals surface area contributed by atoms with Crippen molar-refractivity contribution in [1.82, 2.24) is 9.78 Å². The number of halogens is 1. The van der Waals surface area contributed by atoms with Crippen LogP contribution in [0.25, 0.3) is 0 Å². The lowest BCUT2D eigenvalue weighted by atomic mass is 10.4. The topological polar surface area (TPSA) is 104 Å². The van der Waals surface area contributed by atoms with E-state index in [0.717, 1.165) is 4.68 Å². The Morgan fingerprint density at radius 1 is 1.62 bits per heavy atom. The van der Waals surface area contributed by atoms with Gasteiger partial charge in [-0.3, -0.25) is 4.68 Å². The Hall–Kier alpha value is -1.12. The van der Waals surface area contributed by atoms with E-state index in [2.05, 4.69) is 9.84 Å². The van der Waals surface area contributed by atoms with Gasteiger partial charge in [0, 0.05) is 7.05 Å². The van der Waals surface area contributed by atoms with Crippen molar-refractivity contribution < 1.29 is 17.9 Å². The highest BCUT2D eigenvalue weighted by atomic mass is 35.5. The fraction of sp³-hybridized carbons (Fsp3) is 0.429. The molecular formula is C7H10ClN3O4S. The molecule has 0 saturated heterocycles. The van der Waals surface area contributed by atoms with Crippen molar-refractivity contribution in [3.05, 3.63) is 10.7 Å². The summed E-state index contributed by atoms with van der Waals surface area (Å²) in [7, 11) is -2.78. The molecule has 1 aromatic heterocycles. The third-order valence-corrected chi connectivity index (χ3v) is 2.97. The van der Waals surface area contributed by atoms with Crippen LogP contribution in [0.4, 0.5) is 0 Å². The molecular weight excluding hydrogens is 258 g/mol. The quantitative estimate of drug-likeness (QED) is 0.770. The number of rotatable bonds is 3. The molecule has 0 atom stereocenters. The van der Waals surface area contributed by atoms with Crippen LogP contribution >= 0.6 is 11.6 Å². The Kier molecular flexibility index (Phi) is 3.56. The molecule has 0 bridgehead atoms. The molecule has 0 saturated carbocycles. The first-order valence-corrected chi connectivity index (χ1v) is 6.13. The van der Waals surface area contributed by atoms with Crippen molar-refractivity contribution >= 4 is 27.6 Å². The number of carbonyl (C=O) groups excluding carboxylic acids is 1. The molecule has 16 heavy (non-hydrogen) atoms. The Morgan fingerprint density at radius 3 is 2.62 bits per heavy atom. The van der Waals surface area contributed by atoms with Crippen molar-refractivity contribution in [3.63, 3.8) is 0 Å². The van der Waals surface area contributed by atoms with E-state index in [0.29, 0.717) is 0 Å². The van der Waals surface area contributed by atoms with Crippen LogP contribution in [0.5, 0.6) is 0 Å². The Bertz CT molecular complexity index is 522. The van der Waals surface area contributed by atoms with E-state index in [1.807, 2.05) is 0 Å². The molecule has 1 heterocycles. The summed E-state index contributed by atoms with van der Waals surface area (Å²) in [6, 6.07) is 0. The molecule has 0 aliphatic rings. The number of aryl methyl sites for hydroxylation is 1. The minimum Gasteiger partial charge on any atom is -0.462 e. The Balaban J connectivity index is 3.44. The smallest absolute Gasteiger partial charge is 0.344 e. The van der Waals surface area contributed by atoms with Gasteiger partial charge in [-0.1, -0.05) is 11.6 Å². The van der Waals surface area contributed by atoms with Gasteiger partial charge >= 0.3 is 5.97 Å². The van der Waals surface area contributed by atoms with E-state index in [1.54, 1.807) is 6.92 Å². The zero-order valence-electron chi connectivity index (χ0n) is 8.60. The highest BCUT2D eigenvalue weighted by Crippen LogP contribution is 2.22. The summed E-state index contributed by atoms with van der Waals surface area (Å²) in [6.45, 7) is 1.67. The van der Waals surface area contributed by atoms with Crippen LogP contribution in [0.3, 0.4) is 0 Å². The fourth-order valence-corrected chi connectivity index (χ4v) is 2.39. The molecule has 2 N–H and O–H groups in total. The van der Waals surface area contributed by atoms with Crippen LogP contribution in [0.2, 0.25) is 5.15 Å². The maximum atomic E-state index is 11.5. The summed E-state index contributed by atoms with van der Waals surface area (Å²) in [6.07, 6.45) is 0. The Labute approximate surface area is 97.2 Å². The average molecular weight is 268 g/mol. The van der Waals surface area contributed by atoms with Crippen LogP contribution < -0.4 is 5.14 Å². The first-order valence-electron chi connectivity index (χ1n) is 4.21. The van der Waals surface area contributed by atoms with Crippen molar-refractivity contribution in [2.75, 3.05) is 6.61 Å². The van der Waals surface area contributed by atoms with Crippen LogP contribution in [-0.4, -0.2) is 30.8 Å². The maximum Gasteiger partial charge on any atom is 0.344 e. The number of primary sulfonamides is 1. The summed E-state index contributed by atoms with van der Waals surface area (Å²) in [5.41, 5.74) is -0.339. The van der Waals surface area contributed by atoms with Gasteiger partial charge < -0.3 is 4.74 Å². The maximum absolute atomic E-state index is 11.5. The molecule has 0 aliphatic heterocycles. The van der Waals surface area contributed by atoms with Gasteiger partial charge in [0.25, 0.3) is 10.0 Å². The molecule has 0 amide bonds. The zero-order valence-corrected chi connectivity index (χ0v) is 10.2. The number of ether oxygens (including phenoxy) is 1. The normalized spacial score (nSPS) is 11.5. The monoisotopic (exact) mass is 267 g/mol. The predicted octanol–water partition coefficient (Wildman–Crippen LogP) is -0.102. The number of nitrogens with zero attached hydrogens (tertiary/aromatic N) is 2. The highest BCUT2D eigenvalue weighted by molar-refractivity contribution is 7.89. The lowest BCUT2D eigenvalue weighted by molar-refractivity contribution is 0.0521. The molecule has 1 aromatic rings. The van der Waals surface area contributed by atoms with E-state index in [1.165, 1.54) is 7.05 Å². The first kappa shape index (κ1) is 12.9. The van der Waals surface area contributed by atoms with Crippen molar-refractivity contribution in [1.29, 1.82) is 0 Å². The predicted molar refractivity (Wildman–Crippen MR) is 55.5 cm³/mol. The summed E-state index contributed by atoms with van der Waals surface area (Å²) < 4.78 is 28.1. The summed E-state index contributed by atoms with van der Waals surface area (Å²) in [5.74, 6) is -0.871. The molecule has 0 spiro atoms. The highest BCUT2D eigenvalue weighted by Gasteiger charge is 2.29. The van der Waals surface area contributed by atoms with Crippen LogP contribution in [0.15, 0.2) is 5.03 Å². The van der Waals surface area contributed by atoms with Crippen LogP contribution in [0.1, 0.15) is 17.3 Å². The number of esters is 1. The van der Waals surface area contributed by atoms with Gasteiger partial charge in [-0.2, -0.15) is 5.10 Å². The Morgan fingerprint density at radius 2 is 2.19 bits per heavy atom. The van der Waals surface area contributed by atoms with E-state index in [4.69, 9.17) is 16.7 Å². The average Bonchev–Trinajstić information content (AvgIpc) is 2.40. The van der Waals surface area contributed by atoms with Crippen molar-refractivity contribution in [2.24, 2.45) is 12.2 Å². The molecule has 0 radical (unpaired) electrons. The van der Waals surface area contributed by atoms with E-state index >= 15 is 0 Å². The summed E-state index contributed by atoms with van der Waals surface area (Å²) in [4.78, 5) is 11.5. The summed E-state index contributed by atoms with van der Waals surface area (Å²) >= 11 is 5.63. The molecule has 0 fully saturated rings. The SMILES string of the molecule is CCOC(=O)c1c(Cl)nn(C)c1S(N)(=O)=O. The van der Waals surface area contributed by atoms with Crippen LogP contribution in [0, 0.1) is 0 Å². The van der Waals surface area contributed by atoms with Crippen LogP contribution in [-0.2, 0) is 21.8 Å². The third kappa shape index (κ3) is 2.34. The fourth-order valence-electron chi connectivity index (χ4n) is 1.18. The second-order valence-corrected chi connectivity index (χ2v) is 4.69. The minimum absolute atomic E-state index is 0.0914. The minimum atomic E-state index is -4.09. The number of hydrogen-bond acceptors (Lipinski definition) is 5. The van der Waals surface area contributed by atoms with Gasteiger partial charge in [0.2, 0.25) is 0 Å². The lowest BCUT2D eigenvalue weighted by Crippen LogP contribution is -2.20. The third-order valence-electron chi connectivity index (χ3n) is 1.70. The zero-order chi connectivity index (χ0) is 12.5. The second-order valence-electron chi connectivity index (χ2n) is 2.86. The van der Waals surface area contributed by atoms with Crippen molar-refractivity contribution in [3.8, 4) is 0 Å². The molecule has 0 aliphatic carbocycles. The molecule has 7 nitrogen and oxygen atoms in total. The number of carbonyl (C=O) groups is 1. The summed E-state index contributed by atoms with van der Waals surface area (Å²) in [5, 5.41) is 7.83. The number of hydrogen-bond donors (Lipinski definition) is 1. The van der Waals surface area contributed by atoms with E-state index in [9.17, 15) is 13.2 Å². The van der Waals surface area contributed by atoms with Gasteiger partial charge in [-0.15, -0.1) is 0 Å². The van der Waals surface area contributed by atoms with Gasteiger partial charge in [0.1, 0.15) is 5.56 Å². The van der Waals surface area contributed by atoms with E-state index in [-0.39, 0.29) is 17.3 Å². The van der Waals surface area contributed by atoms with Crippen molar-refractivity contribution in [2.45, 2.75) is 11.9 Å². The molecule has 90 valence electrons. The van der Waals surface area contributed by atoms with Gasteiger partial charge in [-0.05, 0) is 6.92 Å². The number of aromatic nitrogens is 2. The lowest BCUT2D eigenvalue weighted by Gasteiger charge is -2.03. The second kappa shape index (κ2) is 4.40. The van der Waals surface area contributed by atoms with Gasteiger partial charge in [-0.25, -0.2) is 18.4 Å². The molecule has 0 unspecified atom stereocenters. The first-order chi connectivity index (χ1) is 7.29. The molecule has 1 rings (SSSR count). The molecule has 9 heteroatoms. The molecule has 0 aromatic carbocycles. The standard InChI is InChI=1S/C7H10ClN3O4S/c1-3-15-7(12)4-5(8)10-11(2)6(4)16(9,13)14/h3H2,1-2H3,(H2,9,13,14). The van der Waals surface area contributed by atoms with Gasteiger partial charge in [0.05, 0.1) is 6.61 Å². The number of nitrogens with two attached hydrogens (primary N) is 1. The largest absolute Gasteiger partial charge is 0.462 e. The van der Waals surface area contributed by atoms with Gasteiger partial charge in [0.15, 0.2) is 10.2 Å². The number of sulfonamides is 1.